The molecule has 0 bridgehead atoms. The second-order valence-corrected chi connectivity index (χ2v) is 5.15. The van der Waals surface area contributed by atoms with Crippen molar-refractivity contribution in [2.75, 3.05) is 19.7 Å². The van der Waals surface area contributed by atoms with Crippen molar-refractivity contribution in [1.29, 1.82) is 0 Å². The normalized spacial score (nSPS) is 10.7. The van der Waals surface area contributed by atoms with Gasteiger partial charge in [-0.2, -0.15) is 5.10 Å². The van der Waals surface area contributed by atoms with Gasteiger partial charge in [-0.05, 0) is 12.8 Å². The molecule has 118 valence electrons. The molecule has 0 atom stereocenters. The molecular formula is C14H24N4O3. The van der Waals surface area contributed by atoms with Gasteiger partial charge in [0.05, 0.1) is 25.0 Å². The van der Waals surface area contributed by atoms with Gasteiger partial charge in [0.1, 0.15) is 5.56 Å². The summed E-state index contributed by atoms with van der Waals surface area (Å²) < 4.78 is 6.58. The highest BCUT2D eigenvalue weighted by Gasteiger charge is 2.16. The van der Waals surface area contributed by atoms with E-state index < -0.39 is 5.97 Å². The third-order valence-corrected chi connectivity index (χ3v) is 2.84. The lowest BCUT2D eigenvalue weighted by Gasteiger charge is -2.09. The van der Waals surface area contributed by atoms with Crippen molar-refractivity contribution >= 4 is 11.9 Å². The van der Waals surface area contributed by atoms with E-state index in [9.17, 15) is 9.59 Å². The highest BCUT2D eigenvalue weighted by Crippen LogP contribution is 2.09. The molecule has 7 heteroatoms. The average Bonchev–Trinajstić information content (AvgIpc) is 2.78. The summed E-state index contributed by atoms with van der Waals surface area (Å²) in [5.41, 5.74) is 1.12. The maximum atomic E-state index is 11.8. The number of aryl methyl sites for hydroxylation is 1. The number of aromatic nitrogens is 2. The zero-order chi connectivity index (χ0) is 15.8. The first-order valence-corrected chi connectivity index (χ1v) is 7.11. The van der Waals surface area contributed by atoms with E-state index in [-0.39, 0.29) is 12.5 Å². The number of carbonyl (C=O) groups excluding carboxylic acids is 2. The fourth-order valence-corrected chi connectivity index (χ4v) is 1.73. The monoisotopic (exact) mass is 296 g/mol. The minimum atomic E-state index is -0.397. The van der Waals surface area contributed by atoms with Gasteiger partial charge in [-0.3, -0.25) is 9.48 Å². The first-order valence-electron chi connectivity index (χ1n) is 7.11. The second kappa shape index (κ2) is 8.41. The molecule has 0 radical (unpaired) electrons. The summed E-state index contributed by atoms with van der Waals surface area (Å²) in [6.45, 7) is 7.37. The van der Waals surface area contributed by atoms with Crippen LogP contribution in [0.3, 0.4) is 0 Å². The van der Waals surface area contributed by atoms with Crippen LogP contribution in [-0.4, -0.2) is 41.4 Å². The number of ether oxygens (including phenoxy) is 1. The van der Waals surface area contributed by atoms with Crippen molar-refractivity contribution in [1.82, 2.24) is 20.4 Å². The van der Waals surface area contributed by atoms with E-state index >= 15 is 0 Å². The molecule has 1 rings (SSSR count). The van der Waals surface area contributed by atoms with Crippen LogP contribution >= 0.6 is 0 Å². The van der Waals surface area contributed by atoms with Crippen LogP contribution in [0.5, 0.6) is 0 Å². The molecule has 0 unspecified atom stereocenters. The Hall–Kier alpha value is -1.89. The molecule has 0 saturated carbocycles. The molecule has 0 fully saturated rings. The Morgan fingerprint density at radius 1 is 1.43 bits per heavy atom. The van der Waals surface area contributed by atoms with Crippen LogP contribution in [0, 0.1) is 5.92 Å². The van der Waals surface area contributed by atoms with Crippen molar-refractivity contribution in [3.63, 3.8) is 0 Å². The lowest BCUT2D eigenvalue weighted by Crippen LogP contribution is -2.36. The standard InChI is InChI=1S/C14H24N4O3/c1-5-21-14(20)11-7-17-18(4)12(11)8-15-9-13(19)16-6-10(2)3/h7,10,15H,5-6,8-9H2,1-4H3,(H,16,19). The number of nitrogens with one attached hydrogen (secondary N) is 2. The summed E-state index contributed by atoms with van der Waals surface area (Å²) in [4.78, 5) is 23.4. The Morgan fingerprint density at radius 3 is 2.76 bits per heavy atom. The van der Waals surface area contributed by atoms with Crippen LogP contribution in [0.15, 0.2) is 6.20 Å². The molecule has 1 aromatic rings. The zero-order valence-corrected chi connectivity index (χ0v) is 13.1. The van der Waals surface area contributed by atoms with E-state index in [0.717, 1.165) is 0 Å². The quantitative estimate of drug-likeness (QED) is 0.681. The molecule has 2 N–H and O–H groups in total. The first kappa shape index (κ1) is 17.2. The van der Waals surface area contributed by atoms with Gasteiger partial charge in [-0.25, -0.2) is 4.79 Å². The van der Waals surface area contributed by atoms with Crippen molar-refractivity contribution in [3.8, 4) is 0 Å². The number of esters is 1. The number of hydrogen-bond acceptors (Lipinski definition) is 5. The van der Waals surface area contributed by atoms with Crippen LogP contribution in [0.2, 0.25) is 0 Å². The third-order valence-electron chi connectivity index (χ3n) is 2.84. The van der Waals surface area contributed by atoms with E-state index in [0.29, 0.717) is 36.9 Å². The Kier molecular flexibility index (Phi) is 6.87. The SMILES string of the molecule is CCOC(=O)c1cnn(C)c1CNCC(=O)NCC(C)C. The van der Waals surface area contributed by atoms with Gasteiger partial charge in [-0.1, -0.05) is 13.8 Å². The lowest BCUT2D eigenvalue weighted by atomic mass is 10.2. The molecule has 0 aliphatic heterocycles. The third kappa shape index (κ3) is 5.55. The van der Waals surface area contributed by atoms with Crippen molar-refractivity contribution in [2.45, 2.75) is 27.3 Å². The topological polar surface area (TPSA) is 85.2 Å². The molecule has 1 heterocycles. The van der Waals surface area contributed by atoms with Gasteiger partial charge >= 0.3 is 5.97 Å². The highest BCUT2D eigenvalue weighted by molar-refractivity contribution is 5.90. The van der Waals surface area contributed by atoms with Crippen LogP contribution in [0.1, 0.15) is 36.8 Å². The van der Waals surface area contributed by atoms with E-state index in [1.807, 2.05) is 13.8 Å². The second-order valence-electron chi connectivity index (χ2n) is 5.15. The maximum absolute atomic E-state index is 11.8. The number of amides is 1. The summed E-state index contributed by atoms with van der Waals surface area (Å²) in [7, 11) is 1.75. The molecule has 0 aromatic carbocycles. The van der Waals surface area contributed by atoms with Crippen molar-refractivity contribution in [3.05, 3.63) is 17.5 Å². The van der Waals surface area contributed by atoms with E-state index in [1.54, 1.807) is 18.7 Å². The van der Waals surface area contributed by atoms with Gasteiger partial charge in [0.25, 0.3) is 0 Å². The Labute approximate surface area is 125 Å². The zero-order valence-electron chi connectivity index (χ0n) is 13.1. The Bertz CT molecular complexity index is 483. The molecule has 0 spiro atoms. The largest absolute Gasteiger partial charge is 0.462 e. The number of nitrogens with zero attached hydrogens (tertiary/aromatic N) is 2. The summed E-state index contributed by atoms with van der Waals surface area (Å²) in [6, 6.07) is 0. The summed E-state index contributed by atoms with van der Waals surface area (Å²) in [5.74, 6) is -0.0448. The molecule has 1 aromatic heterocycles. The molecule has 21 heavy (non-hydrogen) atoms. The van der Waals surface area contributed by atoms with Crippen LogP contribution < -0.4 is 10.6 Å². The summed E-state index contributed by atoms with van der Waals surface area (Å²) in [6.07, 6.45) is 1.48. The fraction of sp³-hybridized carbons (Fsp3) is 0.643. The highest BCUT2D eigenvalue weighted by atomic mass is 16.5. The number of rotatable bonds is 8. The van der Waals surface area contributed by atoms with E-state index in [4.69, 9.17) is 4.74 Å². The number of carbonyl (C=O) groups is 2. The van der Waals surface area contributed by atoms with E-state index in [2.05, 4.69) is 15.7 Å². The predicted octanol–water partition coefficient (Wildman–Crippen LogP) is 0.459. The van der Waals surface area contributed by atoms with Crippen LogP contribution in [0.4, 0.5) is 0 Å². The average molecular weight is 296 g/mol. The molecule has 0 aliphatic rings. The Balaban J connectivity index is 2.50. The predicted molar refractivity (Wildman–Crippen MR) is 78.7 cm³/mol. The molecule has 0 aliphatic carbocycles. The minimum absolute atomic E-state index is 0.0662. The van der Waals surface area contributed by atoms with Gasteiger partial charge in [0.2, 0.25) is 5.91 Å². The summed E-state index contributed by atoms with van der Waals surface area (Å²) in [5, 5.41) is 9.88. The lowest BCUT2D eigenvalue weighted by molar-refractivity contribution is -0.120. The van der Waals surface area contributed by atoms with Crippen molar-refractivity contribution in [2.24, 2.45) is 13.0 Å². The smallest absolute Gasteiger partial charge is 0.341 e. The molecule has 7 nitrogen and oxygen atoms in total. The Morgan fingerprint density at radius 2 is 2.14 bits per heavy atom. The maximum Gasteiger partial charge on any atom is 0.341 e. The first-order chi connectivity index (χ1) is 9.95. The number of hydrogen-bond donors (Lipinski definition) is 2. The van der Waals surface area contributed by atoms with Gasteiger partial charge < -0.3 is 15.4 Å². The van der Waals surface area contributed by atoms with Gasteiger partial charge in [-0.15, -0.1) is 0 Å². The van der Waals surface area contributed by atoms with Gasteiger partial charge in [0, 0.05) is 20.1 Å². The molecular weight excluding hydrogens is 272 g/mol. The van der Waals surface area contributed by atoms with Crippen LogP contribution in [0.25, 0.3) is 0 Å². The van der Waals surface area contributed by atoms with Crippen molar-refractivity contribution < 1.29 is 14.3 Å². The minimum Gasteiger partial charge on any atom is -0.462 e. The molecule has 0 saturated heterocycles. The molecule has 1 amide bonds. The summed E-state index contributed by atoms with van der Waals surface area (Å²) >= 11 is 0. The van der Waals surface area contributed by atoms with Gasteiger partial charge in [0.15, 0.2) is 0 Å². The fourth-order valence-electron chi connectivity index (χ4n) is 1.73. The van der Waals surface area contributed by atoms with E-state index in [1.165, 1.54) is 6.20 Å². The van der Waals surface area contributed by atoms with Crippen LogP contribution in [-0.2, 0) is 23.1 Å².